The molecule has 1 aliphatic carbocycles. The van der Waals surface area contributed by atoms with E-state index in [4.69, 9.17) is 5.73 Å². The lowest BCUT2D eigenvalue weighted by Gasteiger charge is -2.39. The summed E-state index contributed by atoms with van der Waals surface area (Å²) in [5.74, 6) is 1.56. The first-order valence-corrected chi connectivity index (χ1v) is 9.46. The number of nitrogen functional groups attached to an aromatic ring is 1. The van der Waals surface area contributed by atoms with Crippen molar-refractivity contribution in [2.24, 2.45) is 10.8 Å². The van der Waals surface area contributed by atoms with Crippen molar-refractivity contribution in [3.05, 3.63) is 36.2 Å². The summed E-state index contributed by atoms with van der Waals surface area (Å²) in [6, 6.07) is 8.75. The van der Waals surface area contributed by atoms with Crippen LogP contribution in [-0.4, -0.2) is 22.6 Å². The highest BCUT2D eigenvalue weighted by molar-refractivity contribution is 5.78. The van der Waals surface area contributed by atoms with Gasteiger partial charge in [0.25, 0.3) is 0 Å². The highest BCUT2D eigenvalue weighted by Gasteiger charge is 2.50. The number of fused-ring (bicyclic) bond motifs is 2. The molecule has 0 radical (unpaired) electrons. The van der Waals surface area contributed by atoms with Crippen molar-refractivity contribution in [3.8, 4) is 0 Å². The zero-order valence-electron chi connectivity index (χ0n) is 16.2. The number of nitrogens with zero attached hydrogens (tertiary/aromatic N) is 3. The molecule has 1 aromatic carbocycles. The second-order valence-electron chi connectivity index (χ2n) is 9.29. The number of aryl methyl sites for hydroxylation is 1. The van der Waals surface area contributed by atoms with Crippen molar-refractivity contribution in [1.82, 2.24) is 9.97 Å². The van der Waals surface area contributed by atoms with E-state index in [1.165, 1.54) is 24.8 Å². The second kappa shape index (κ2) is 5.86. The summed E-state index contributed by atoms with van der Waals surface area (Å²) in [7, 11) is 0. The Bertz CT molecular complexity index is 814. The summed E-state index contributed by atoms with van der Waals surface area (Å²) in [5, 5.41) is 3.35. The van der Waals surface area contributed by atoms with Gasteiger partial charge < -0.3 is 16.0 Å². The number of nitrogens with two attached hydrogens (primary N) is 1. The molecule has 0 amide bonds. The molecule has 4 rings (SSSR count). The number of benzene rings is 1. The molecule has 2 heterocycles. The average molecular weight is 351 g/mol. The van der Waals surface area contributed by atoms with Gasteiger partial charge >= 0.3 is 0 Å². The van der Waals surface area contributed by atoms with E-state index in [0.29, 0.717) is 28.4 Å². The Morgan fingerprint density at radius 3 is 2.58 bits per heavy atom. The van der Waals surface area contributed by atoms with Crippen LogP contribution in [0.15, 0.2) is 30.6 Å². The largest absolute Gasteiger partial charge is 0.393 e. The molecule has 2 atom stereocenters. The Morgan fingerprint density at radius 1 is 1.12 bits per heavy atom. The fourth-order valence-corrected chi connectivity index (χ4v) is 5.20. The molecule has 2 bridgehead atoms. The third-order valence-corrected chi connectivity index (χ3v) is 5.86. The monoisotopic (exact) mass is 351 g/mol. The van der Waals surface area contributed by atoms with Crippen molar-refractivity contribution in [1.29, 1.82) is 0 Å². The van der Waals surface area contributed by atoms with Crippen LogP contribution >= 0.6 is 0 Å². The van der Waals surface area contributed by atoms with Gasteiger partial charge in [-0.1, -0.05) is 38.5 Å². The minimum atomic E-state index is 0.342. The number of rotatable bonds is 3. The van der Waals surface area contributed by atoms with E-state index in [1.54, 1.807) is 6.33 Å². The van der Waals surface area contributed by atoms with E-state index in [9.17, 15) is 0 Å². The van der Waals surface area contributed by atoms with Crippen molar-refractivity contribution in [3.63, 3.8) is 0 Å². The van der Waals surface area contributed by atoms with E-state index >= 15 is 0 Å². The van der Waals surface area contributed by atoms with Crippen molar-refractivity contribution >= 4 is 23.0 Å². The van der Waals surface area contributed by atoms with E-state index < -0.39 is 0 Å². The van der Waals surface area contributed by atoms with Gasteiger partial charge in [0.15, 0.2) is 11.6 Å². The van der Waals surface area contributed by atoms with E-state index in [0.717, 1.165) is 18.1 Å². The smallest absolute Gasteiger partial charge is 0.159 e. The quantitative estimate of drug-likeness (QED) is 0.851. The van der Waals surface area contributed by atoms with Gasteiger partial charge in [-0.25, -0.2) is 9.97 Å². The molecule has 2 unspecified atom stereocenters. The van der Waals surface area contributed by atoms with Crippen LogP contribution in [0.3, 0.4) is 0 Å². The molecule has 26 heavy (non-hydrogen) atoms. The molecule has 2 aliphatic rings. The molecule has 138 valence electrons. The lowest BCUT2D eigenvalue weighted by atomic mass is 9.65. The summed E-state index contributed by atoms with van der Waals surface area (Å²) in [4.78, 5) is 11.4. The third kappa shape index (κ3) is 3.11. The summed E-state index contributed by atoms with van der Waals surface area (Å²) in [6.07, 6.45) is 5.29. The van der Waals surface area contributed by atoms with Crippen LogP contribution in [0, 0.1) is 17.8 Å². The molecule has 1 saturated carbocycles. The Morgan fingerprint density at radius 2 is 1.85 bits per heavy atom. The minimum Gasteiger partial charge on any atom is -0.393 e. The Labute approximate surface area is 156 Å². The van der Waals surface area contributed by atoms with Gasteiger partial charge in [-0.3, -0.25) is 0 Å². The van der Waals surface area contributed by atoms with E-state index in [-0.39, 0.29) is 0 Å². The Kier molecular flexibility index (Phi) is 3.86. The SMILES string of the molecule is Cc1ccc(Nc2ncnc(N3CC4(C)CC3CC(C)(C)C4)c2N)cc1. The molecule has 5 nitrogen and oxygen atoms in total. The zero-order valence-corrected chi connectivity index (χ0v) is 16.2. The lowest BCUT2D eigenvalue weighted by molar-refractivity contribution is 0.136. The molecule has 1 saturated heterocycles. The van der Waals surface area contributed by atoms with Crippen LogP contribution in [0.4, 0.5) is 23.0 Å². The first-order valence-electron chi connectivity index (χ1n) is 9.46. The van der Waals surface area contributed by atoms with Crippen LogP contribution in [0.2, 0.25) is 0 Å². The van der Waals surface area contributed by atoms with Crippen LogP contribution in [-0.2, 0) is 0 Å². The van der Waals surface area contributed by atoms with Crippen molar-refractivity contribution in [2.75, 3.05) is 22.5 Å². The van der Waals surface area contributed by atoms with Crippen LogP contribution < -0.4 is 16.0 Å². The summed E-state index contributed by atoms with van der Waals surface area (Å²) >= 11 is 0. The van der Waals surface area contributed by atoms with Crippen LogP contribution in [0.5, 0.6) is 0 Å². The predicted molar refractivity (Wildman–Crippen MR) is 108 cm³/mol. The first kappa shape index (κ1) is 17.1. The molecule has 2 aromatic rings. The number of hydrogen-bond acceptors (Lipinski definition) is 5. The minimum absolute atomic E-state index is 0.342. The van der Waals surface area contributed by atoms with Gasteiger partial charge in [0.1, 0.15) is 12.0 Å². The van der Waals surface area contributed by atoms with E-state index in [1.807, 2.05) is 12.1 Å². The van der Waals surface area contributed by atoms with Gasteiger partial charge in [0.05, 0.1) is 0 Å². The highest BCUT2D eigenvalue weighted by atomic mass is 15.3. The van der Waals surface area contributed by atoms with Gasteiger partial charge in [0.2, 0.25) is 0 Å². The third-order valence-electron chi connectivity index (χ3n) is 5.86. The van der Waals surface area contributed by atoms with Crippen LogP contribution in [0.25, 0.3) is 0 Å². The van der Waals surface area contributed by atoms with Gasteiger partial charge in [0, 0.05) is 18.3 Å². The molecular weight excluding hydrogens is 322 g/mol. The molecular formula is C21H29N5. The van der Waals surface area contributed by atoms with Gasteiger partial charge in [-0.2, -0.15) is 0 Å². The topological polar surface area (TPSA) is 67.1 Å². The average Bonchev–Trinajstić information content (AvgIpc) is 2.80. The lowest BCUT2D eigenvalue weighted by Crippen LogP contribution is -2.35. The molecule has 5 heteroatoms. The summed E-state index contributed by atoms with van der Waals surface area (Å²) in [5.41, 5.74) is 10.1. The Hall–Kier alpha value is -2.30. The molecule has 2 fully saturated rings. The van der Waals surface area contributed by atoms with Crippen molar-refractivity contribution < 1.29 is 0 Å². The van der Waals surface area contributed by atoms with Gasteiger partial charge in [-0.05, 0) is 49.1 Å². The maximum atomic E-state index is 6.51. The molecule has 0 spiro atoms. The normalized spacial score (nSPS) is 26.8. The highest BCUT2D eigenvalue weighted by Crippen LogP contribution is 2.54. The molecule has 3 N–H and O–H groups in total. The fourth-order valence-electron chi connectivity index (χ4n) is 5.20. The predicted octanol–water partition coefficient (Wildman–Crippen LogP) is 4.52. The standard InChI is InChI=1S/C21H29N5/c1-14-5-7-15(8-6-14)25-18-17(22)19(24-13-23-18)26-12-21(4)10-16(26)9-20(2,3)11-21/h5-8,13,16H,9-12,22H2,1-4H3,(H,23,24,25). The maximum absolute atomic E-state index is 6.51. The number of nitrogens with one attached hydrogen (secondary N) is 1. The summed E-state index contributed by atoms with van der Waals surface area (Å²) in [6.45, 7) is 10.3. The fraction of sp³-hybridized carbons (Fsp3) is 0.524. The number of aromatic nitrogens is 2. The summed E-state index contributed by atoms with van der Waals surface area (Å²) < 4.78 is 0. The maximum Gasteiger partial charge on any atom is 0.159 e. The molecule has 1 aliphatic heterocycles. The van der Waals surface area contributed by atoms with Gasteiger partial charge in [-0.15, -0.1) is 0 Å². The molecule has 1 aromatic heterocycles. The Balaban J connectivity index is 1.63. The first-order chi connectivity index (χ1) is 12.2. The van der Waals surface area contributed by atoms with Crippen LogP contribution in [0.1, 0.15) is 45.6 Å². The number of anilines is 4. The number of hydrogen-bond donors (Lipinski definition) is 2. The van der Waals surface area contributed by atoms with E-state index in [2.05, 4.69) is 60.0 Å². The zero-order chi connectivity index (χ0) is 18.5. The van der Waals surface area contributed by atoms with Crippen molar-refractivity contribution in [2.45, 2.75) is 53.0 Å². The second-order valence-corrected chi connectivity index (χ2v) is 9.29.